The molecule has 0 radical (unpaired) electrons. The van der Waals surface area contributed by atoms with Crippen LogP contribution >= 0.6 is 0 Å². The zero-order valence-electron chi connectivity index (χ0n) is 16.1. The van der Waals surface area contributed by atoms with Crippen molar-refractivity contribution in [3.05, 3.63) is 90.5 Å². The van der Waals surface area contributed by atoms with Gasteiger partial charge in [-0.05, 0) is 48.5 Å². The fourth-order valence-corrected chi connectivity index (χ4v) is 4.45. The first-order valence-electron chi connectivity index (χ1n) is 8.59. The summed E-state index contributed by atoms with van der Waals surface area (Å²) in [5.74, 6) is -0.309. The van der Waals surface area contributed by atoms with Crippen molar-refractivity contribution >= 4 is 27.0 Å². The Hall–Kier alpha value is -2.82. The molecule has 3 rings (SSSR count). The van der Waals surface area contributed by atoms with E-state index in [-0.39, 0.29) is 16.9 Å². The Kier molecular flexibility index (Phi) is 8.26. The number of methoxy groups -OCH3 is 1. The molecule has 0 aliphatic heterocycles. The second kappa shape index (κ2) is 10.5. The maximum atomic E-state index is 11.6. The molecule has 0 aliphatic carbocycles. The van der Waals surface area contributed by atoms with E-state index in [1.165, 1.54) is 21.8 Å². The van der Waals surface area contributed by atoms with Crippen LogP contribution in [0.25, 0.3) is 0 Å². The third-order valence-corrected chi connectivity index (χ3v) is 6.55. The highest BCUT2D eigenvalue weighted by molar-refractivity contribution is 7.97. The highest BCUT2D eigenvalue weighted by Crippen LogP contribution is 2.31. The van der Waals surface area contributed by atoms with Gasteiger partial charge >= 0.3 is 11.5 Å². The van der Waals surface area contributed by atoms with Crippen molar-refractivity contribution in [3.63, 3.8) is 0 Å². The van der Waals surface area contributed by atoms with Crippen LogP contribution in [0.5, 0.6) is 0 Å². The fraction of sp³-hybridized carbons (Fsp3) is 0.0952. The van der Waals surface area contributed by atoms with Crippen LogP contribution in [-0.2, 0) is 25.7 Å². The molecule has 0 atom stereocenters. The first-order chi connectivity index (χ1) is 14.5. The van der Waals surface area contributed by atoms with Crippen molar-refractivity contribution in [1.29, 1.82) is 0 Å². The zero-order chi connectivity index (χ0) is 23.1. The molecular formula is C21H17F3O5S2. The number of halogens is 3. The minimum atomic E-state index is -6.09. The number of benzene rings is 3. The van der Waals surface area contributed by atoms with Gasteiger partial charge in [-0.15, -0.1) is 0 Å². The van der Waals surface area contributed by atoms with Gasteiger partial charge in [-0.3, -0.25) is 0 Å². The molecule has 0 amide bonds. The molecular weight excluding hydrogens is 453 g/mol. The van der Waals surface area contributed by atoms with Gasteiger partial charge in [0.05, 0.1) is 23.6 Å². The molecule has 0 aliphatic rings. The molecule has 3 aromatic carbocycles. The number of carbonyl (C=O) groups is 1. The van der Waals surface area contributed by atoms with Crippen LogP contribution in [0.1, 0.15) is 10.4 Å². The predicted molar refractivity (Wildman–Crippen MR) is 109 cm³/mol. The van der Waals surface area contributed by atoms with Gasteiger partial charge in [0, 0.05) is 0 Å². The molecule has 0 aromatic heterocycles. The van der Waals surface area contributed by atoms with E-state index >= 15 is 0 Å². The van der Waals surface area contributed by atoms with Crippen LogP contribution in [0.2, 0.25) is 0 Å². The first kappa shape index (κ1) is 24.4. The second-order valence-electron chi connectivity index (χ2n) is 5.85. The molecule has 5 nitrogen and oxygen atoms in total. The van der Waals surface area contributed by atoms with E-state index in [4.69, 9.17) is 17.7 Å². The van der Waals surface area contributed by atoms with E-state index in [0.717, 1.165) is 0 Å². The summed E-state index contributed by atoms with van der Waals surface area (Å²) in [6.45, 7) is 0. The lowest BCUT2D eigenvalue weighted by Crippen LogP contribution is -2.21. The summed E-state index contributed by atoms with van der Waals surface area (Å²) in [7, 11) is -4.88. The SMILES string of the molecule is COC(=O)c1ccc([S+](c2ccccc2)c2ccccc2)cc1.O=S(=O)([O-])C(F)(F)F. The van der Waals surface area contributed by atoms with Crippen molar-refractivity contribution in [3.8, 4) is 0 Å². The van der Waals surface area contributed by atoms with Gasteiger partial charge in [-0.2, -0.15) is 13.2 Å². The Morgan fingerprint density at radius 2 is 1.16 bits per heavy atom. The Labute approximate surface area is 180 Å². The molecule has 0 unspecified atom stereocenters. The van der Waals surface area contributed by atoms with E-state index in [9.17, 15) is 18.0 Å². The molecule has 31 heavy (non-hydrogen) atoms. The lowest BCUT2D eigenvalue weighted by atomic mass is 10.2. The number of ether oxygens (including phenoxy) is 1. The number of hydrogen-bond acceptors (Lipinski definition) is 5. The number of alkyl halides is 3. The summed E-state index contributed by atoms with van der Waals surface area (Å²) in [6, 6.07) is 28.5. The van der Waals surface area contributed by atoms with Crippen LogP contribution in [0.15, 0.2) is 99.6 Å². The minimum Gasteiger partial charge on any atom is -0.741 e. The summed E-state index contributed by atoms with van der Waals surface area (Å²) >= 11 is 0. The van der Waals surface area contributed by atoms with Gasteiger partial charge in [-0.25, -0.2) is 13.2 Å². The van der Waals surface area contributed by atoms with E-state index < -0.39 is 15.6 Å². The van der Waals surface area contributed by atoms with Crippen molar-refractivity contribution in [2.24, 2.45) is 0 Å². The molecule has 0 spiro atoms. The van der Waals surface area contributed by atoms with Gasteiger partial charge in [0.1, 0.15) is 0 Å². The standard InChI is InChI=1S/C20H17O2S.CHF3O3S/c1-22-20(21)16-12-14-19(15-13-16)23(17-8-4-2-5-9-17)18-10-6-3-7-11-18;2-1(3,4)8(5,6)7/h2-15H,1H3;(H,5,6,7)/q+1;/p-1. The highest BCUT2D eigenvalue weighted by atomic mass is 32.2. The quantitative estimate of drug-likeness (QED) is 0.241. The molecule has 0 N–H and O–H groups in total. The Bertz CT molecular complexity index is 1050. The summed E-state index contributed by atoms with van der Waals surface area (Å²) < 4.78 is 63.7. The van der Waals surface area contributed by atoms with Crippen molar-refractivity contribution < 1.29 is 35.7 Å². The first-order valence-corrected chi connectivity index (χ1v) is 11.2. The number of rotatable bonds is 4. The van der Waals surface area contributed by atoms with Crippen molar-refractivity contribution in [2.45, 2.75) is 20.2 Å². The zero-order valence-corrected chi connectivity index (χ0v) is 17.7. The fourth-order valence-electron chi connectivity index (χ4n) is 2.37. The van der Waals surface area contributed by atoms with E-state index in [2.05, 4.69) is 48.5 Å². The van der Waals surface area contributed by atoms with Crippen LogP contribution in [-0.4, -0.2) is 31.6 Å². The number of carbonyl (C=O) groups excluding carboxylic acids is 1. The predicted octanol–water partition coefficient (Wildman–Crippen LogP) is 4.62. The summed E-state index contributed by atoms with van der Waals surface area (Å²) in [4.78, 5) is 15.3. The summed E-state index contributed by atoms with van der Waals surface area (Å²) in [5, 5.41) is 0. The summed E-state index contributed by atoms with van der Waals surface area (Å²) in [5.41, 5.74) is -5.08. The van der Waals surface area contributed by atoms with E-state index in [1.54, 1.807) is 0 Å². The monoisotopic (exact) mass is 470 g/mol. The molecule has 0 bridgehead atoms. The van der Waals surface area contributed by atoms with Gasteiger partial charge in [0.15, 0.2) is 24.8 Å². The van der Waals surface area contributed by atoms with E-state index in [1.807, 2.05) is 36.4 Å². The maximum Gasteiger partial charge on any atom is 0.485 e. The lowest BCUT2D eigenvalue weighted by Gasteiger charge is -2.08. The molecule has 3 aromatic rings. The van der Waals surface area contributed by atoms with Crippen LogP contribution in [0.4, 0.5) is 13.2 Å². The molecule has 0 heterocycles. The van der Waals surface area contributed by atoms with Gasteiger partial charge in [0.2, 0.25) is 0 Å². The normalized spacial score (nSPS) is 11.4. The average Bonchev–Trinajstić information content (AvgIpc) is 2.74. The van der Waals surface area contributed by atoms with Crippen LogP contribution in [0.3, 0.4) is 0 Å². The number of esters is 1. The van der Waals surface area contributed by atoms with Gasteiger partial charge < -0.3 is 9.29 Å². The Balaban J connectivity index is 0.000000366. The molecule has 0 saturated carbocycles. The Morgan fingerprint density at radius 1 is 0.806 bits per heavy atom. The summed E-state index contributed by atoms with van der Waals surface area (Å²) in [6.07, 6.45) is 0. The van der Waals surface area contributed by atoms with Crippen molar-refractivity contribution in [1.82, 2.24) is 0 Å². The topological polar surface area (TPSA) is 83.5 Å². The third kappa shape index (κ3) is 6.84. The maximum absolute atomic E-state index is 11.6. The smallest absolute Gasteiger partial charge is 0.485 e. The molecule has 10 heteroatoms. The van der Waals surface area contributed by atoms with Crippen LogP contribution < -0.4 is 0 Å². The third-order valence-electron chi connectivity index (χ3n) is 3.75. The number of hydrogen-bond donors (Lipinski definition) is 0. The molecule has 0 saturated heterocycles. The average molecular weight is 470 g/mol. The van der Waals surface area contributed by atoms with Gasteiger partial charge in [-0.1, -0.05) is 36.4 Å². The largest absolute Gasteiger partial charge is 0.741 e. The highest BCUT2D eigenvalue weighted by Gasteiger charge is 2.37. The molecule has 164 valence electrons. The Morgan fingerprint density at radius 3 is 1.48 bits per heavy atom. The van der Waals surface area contributed by atoms with Gasteiger partial charge in [0.25, 0.3) is 0 Å². The van der Waals surface area contributed by atoms with Crippen LogP contribution in [0, 0.1) is 0 Å². The minimum absolute atomic E-state index is 0.190. The van der Waals surface area contributed by atoms with Crippen molar-refractivity contribution in [2.75, 3.05) is 7.11 Å². The van der Waals surface area contributed by atoms with E-state index in [0.29, 0.717) is 5.56 Å². The second-order valence-corrected chi connectivity index (χ2v) is 9.25. The lowest BCUT2D eigenvalue weighted by molar-refractivity contribution is -0.0517. The molecule has 0 fully saturated rings.